The first-order valence-electron chi connectivity index (χ1n) is 28.2. The Labute approximate surface area is 489 Å². The highest BCUT2D eigenvalue weighted by atomic mass is 16.5. The molecule has 0 unspecified atom stereocenters. The van der Waals surface area contributed by atoms with Crippen LogP contribution in [0.5, 0.6) is 23.0 Å². The molecule has 0 spiro atoms. The molecule has 0 atom stereocenters. The van der Waals surface area contributed by atoms with E-state index in [1.807, 2.05) is 170 Å². The molecular formula is C72H56N8O4. The summed E-state index contributed by atoms with van der Waals surface area (Å²) in [6.45, 7) is 1.89. The van der Waals surface area contributed by atoms with Gasteiger partial charge < -0.3 is 18.9 Å². The molecule has 12 nitrogen and oxygen atoms in total. The lowest BCUT2D eigenvalue weighted by Gasteiger charge is -2.23. The van der Waals surface area contributed by atoms with E-state index in [-0.39, 0.29) is 22.3 Å². The van der Waals surface area contributed by atoms with Crippen LogP contribution >= 0.6 is 0 Å². The van der Waals surface area contributed by atoms with Crippen molar-refractivity contribution in [1.29, 1.82) is 42.1 Å². The Bertz CT molecular complexity index is 3720. The minimum Gasteiger partial charge on any atom is -0.492 e. The maximum Gasteiger partial charge on any atom is 0.135 e. The number of benzene rings is 8. The van der Waals surface area contributed by atoms with Crippen LogP contribution in [0.3, 0.4) is 0 Å². The largest absolute Gasteiger partial charge is 0.492 e. The first-order chi connectivity index (χ1) is 41.4. The van der Waals surface area contributed by atoms with E-state index >= 15 is 0 Å². The average molecular weight is 1100 g/mol. The van der Waals surface area contributed by atoms with Gasteiger partial charge in [-0.25, -0.2) is 0 Å². The van der Waals surface area contributed by atoms with Crippen molar-refractivity contribution in [2.75, 3.05) is 26.4 Å². The first-order valence-corrected chi connectivity index (χ1v) is 28.2. The van der Waals surface area contributed by atoms with Crippen LogP contribution in [0.4, 0.5) is 0 Å². The number of nitriles is 8. The van der Waals surface area contributed by atoms with Crippen molar-refractivity contribution in [3.05, 3.63) is 166 Å². The Balaban J connectivity index is 0.000000202. The third-order valence-electron chi connectivity index (χ3n) is 14.8. The van der Waals surface area contributed by atoms with E-state index in [0.717, 1.165) is 142 Å². The summed E-state index contributed by atoms with van der Waals surface area (Å²) < 4.78 is 26.4. The fraction of sp³-hybridized carbons (Fsp3) is 0.222. The minimum absolute atomic E-state index is 0.0267. The second-order valence-electron chi connectivity index (χ2n) is 20.3. The zero-order valence-electron chi connectivity index (χ0n) is 46.4. The Morgan fingerprint density at radius 2 is 0.464 bits per heavy atom. The van der Waals surface area contributed by atoms with Gasteiger partial charge in [0.25, 0.3) is 0 Å². The summed E-state index contributed by atoms with van der Waals surface area (Å²) >= 11 is 0. The van der Waals surface area contributed by atoms with Crippen LogP contribution in [-0.2, 0) is 0 Å². The van der Waals surface area contributed by atoms with E-state index in [2.05, 4.69) is 0 Å². The van der Waals surface area contributed by atoms with Gasteiger partial charge in [0.05, 0.1) is 26.4 Å². The third kappa shape index (κ3) is 13.0. The second kappa shape index (κ2) is 28.3. The van der Waals surface area contributed by atoms with Gasteiger partial charge in [-0.2, -0.15) is 42.1 Å². The molecule has 0 saturated carbocycles. The second-order valence-corrected chi connectivity index (χ2v) is 20.3. The van der Waals surface area contributed by atoms with Crippen LogP contribution in [0.2, 0.25) is 0 Å². The predicted octanol–water partition coefficient (Wildman–Crippen LogP) is 17.3. The lowest BCUT2D eigenvalue weighted by Crippen LogP contribution is -2.06. The molecular weight excluding hydrogens is 1040 g/mol. The number of hydrogen-bond donors (Lipinski definition) is 0. The SMILES string of the molecule is N#CC(C#N)=Cc1cc2ccccc2c2c1OCCCCCCCCOc1c(C=C(C#N)C#N)cc3ccccc3c1-2.N#CC(C#N)=Cc1cc2ccccc2c2c1OCCCCCCCCOc1c(C=C(C#N)C#N)cc3ccccc3c1-2. The zero-order chi connectivity index (χ0) is 58.6. The summed E-state index contributed by atoms with van der Waals surface area (Å²) in [5.74, 6) is 2.24. The molecule has 0 aliphatic carbocycles. The van der Waals surface area contributed by atoms with Gasteiger partial charge in [0.15, 0.2) is 0 Å². The van der Waals surface area contributed by atoms with Gasteiger partial charge in [-0.05, 0) is 117 Å². The summed E-state index contributed by atoms with van der Waals surface area (Å²) in [6.07, 6.45) is 18.3. The van der Waals surface area contributed by atoms with E-state index in [0.29, 0.717) is 71.7 Å². The van der Waals surface area contributed by atoms with Crippen molar-refractivity contribution in [3.63, 3.8) is 0 Å². The zero-order valence-corrected chi connectivity index (χ0v) is 46.4. The van der Waals surface area contributed by atoms with Crippen LogP contribution < -0.4 is 18.9 Å². The van der Waals surface area contributed by atoms with Crippen molar-refractivity contribution < 1.29 is 18.9 Å². The smallest absolute Gasteiger partial charge is 0.135 e. The van der Waals surface area contributed by atoms with E-state index in [4.69, 9.17) is 18.9 Å². The molecule has 8 aromatic carbocycles. The Hall–Kier alpha value is -11.1. The van der Waals surface area contributed by atoms with Crippen LogP contribution in [-0.4, -0.2) is 26.4 Å². The summed E-state index contributed by atoms with van der Waals surface area (Å²) in [4.78, 5) is 0. The minimum atomic E-state index is -0.0267. The Kier molecular flexibility index (Phi) is 19.4. The summed E-state index contributed by atoms with van der Waals surface area (Å²) in [5.41, 5.74) is 5.52. The monoisotopic (exact) mass is 1100 g/mol. The molecule has 8 aromatic rings. The first kappa shape index (κ1) is 57.6. The van der Waals surface area contributed by atoms with Gasteiger partial charge in [-0.3, -0.25) is 0 Å². The van der Waals surface area contributed by atoms with E-state index in [1.165, 1.54) is 0 Å². The number of allylic oxidation sites excluding steroid dienone is 4. The molecule has 2 aliphatic rings. The molecule has 0 amide bonds. The van der Waals surface area contributed by atoms with Crippen molar-refractivity contribution in [3.8, 4) is 93.8 Å². The standard InChI is InChI=1S/2C36H28N4O2/c2*37-21-25(22-38)17-29-19-27-11-5-7-13-31(27)33-34-32-14-8-6-12-28(32)20-30(18-26(23-39)24-40)36(34)42-16-10-4-2-1-3-9-15-41-35(29)33/h2*5-8,11-14,17-20H,1-4,9-10,15-16H2. The van der Waals surface area contributed by atoms with Gasteiger partial charge in [-0.1, -0.05) is 148 Å². The molecule has 0 radical (unpaired) electrons. The lowest BCUT2D eigenvalue weighted by molar-refractivity contribution is 0.294. The fourth-order valence-corrected chi connectivity index (χ4v) is 10.9. The van der Waals surface area contributed by atoms with Crippen LogP contribution in [0.15, 0.2) is 144 Å². The highest BCUT2D eigenvalue weighted by Gasteiger charge is 2.27. The topological polar surface area (TPSA) is 227 Å². The molecule has 2 aliphatic heterocycles. The van der Waals surface area contributed by atoms with Gasteiger partial charge in [0.2, 0.25) is 0 Å². The molecule has 408 valence electrons. The van der Waals surface area contributed by atoms with Gasteiger partial charge in [0.1, 0.15) is 93.8 Å². The molecule has 2 heterocycles. The van der Waals surface area contributed by atoms with E-state index < -0.39 is 0 Å². The number of rotatable bonds is 4. The Morgan fingerprint density at radius 1 is 0.274 bits per heavy atom. The van der Waals surface area contributed by atoms with E-state index in [9.17, 15) is 42.1 Å². The quantitative estimate of drug-likeness (QED) is 0.150. The highest BCUT2D eigenvalue weighted by Crippen LogP contribution is 2.51. The van der Waals surface area contributed by atoms with Crippen molar-refractivity contribution >= 4 is 67.4 Å². The highest BCUT2D eigenvalue weighted by molar-refractivity contribution is 6.14. The molecule has 0 N–H and O–H groups in total. The number of hydrogen-bond acceptors (Lipinski definition) is 12. The van der Waals surface area contributed by atoms with E-state index in [1.54, 1.807) is 24.3 Å². The van der Waals surface area contributed by atoms with Crippen molar-refractivity contribution in [1.82, 2.24) is 0 Å². The number of nitrogens with zero attached hydrogens (tertiary/aromatic N) is 8. The molecule has 12 heteroatoms. The van der Waals surface area contributed by atoms with Gasteiger partial charge in [0, 0.05) is 44.5 Å². The van der Waals surface area contributed by atoms with Crippen molar-refractivity contribution in [2.24, 2.45) is 0 Å². The van der Waals surface area contributed by atoms with Crippen LogP contribution in [0, 0.1) is 90.6 Å². The van der Waals surface area contributed by atoms with Crippen LogP contribution in [0.25, 0.3) is 89.6 Å². The third-order valence-corrected chi connectivity index (χ3v) is 14.8. The molecule has 0 saturated heterocycles. The molecule has 84 heavy (non-hydrogen) atoms. The van der Waals surface area contributed by atoms with Gasteiger partial charge in [-0.15, -0.1) is 0 Å². The maximum atomic E-state index is 9.62. The lowest BCUT2D eigenvalue weighted by atomic mass is 9.88. The summed E-state index contributed by atoms with van der Waals surface area (Å²) in [7, 11) is 0. The predicted molar refractivity (Wildman–Crippen MR) is 328 cm³/mol. The fourth-order valence-electron chi connectivity index (χ4n) is 10.9. The van der Waals surface area contributed by atoms with Crippen LogP contribution in [0.1, 0.15) is 99.3 Å². The maximum absolute atomic E-state index is 9.62. The molecule has 0 fully saturated rings. The summed E-state index contributed by atoms with van der Waals surface area (Å²) in [6, 6.07) is 55.4. The molecule has 0 bridgehead atoms. The van der Waals surface area contributed by atoms with Gasteiger partial charge >= 0.3 is 0 Å². The average Bonchev–Trinajstić information content (AvgIpc) is 1.94. The number of ether oxygens (including phenoxy) is 4. The Morgan fingerprint density at radius 3 is 0.667 bits per heavy atom. The van der Waals surface area contributed by atoms with Crippen molar-refractivity contribution in [2.45, 2.75) is 77.0 Å². The molecule has 10 rings (SSSR count). The summed E-state index contributed by atoms with van der Waals surface area (Å²) in [5, 5.41) is 84.3. The number of fused-ring (bicyclic) bond motifs is 14. The normalized spacial score (nSPS) is 13.2. The molecule has 0 aromatic heterocycles.